The molecule has 1 fully saturated rings. The molecule has 0 radical (unpaired) electrons. The van der Waals surface area contributed by atoms with Crippen LogP contribution in [0.4, 0.5) is 5.69 Å². The Hall–Kier alpha value is -0.960. The molecule has 2 heterocycles. The number of nitrogens with one attached hydrogen (secondary N) is 2. The third-order valence-electron chi connectivity index (χ3n) is 2.72. The number of aromatic amines is 1. The highest BCUT2D eigenvalue weighted by Gasteiger charge is 2.16. The fourth-order valence-corrected chi connectivity index (χ4v) is 1.92. The van der Waals surface area contributed by atoms with E-state index in [1.165, 1.54) is 25.2 Å². The van der Waals surface area contributed by atoms with Gasteiger partial charge in [-0.3, -0.25) is 0 Å². The summed E-state index contributed by atoms with van der Waals surface area (Å²) in [6.45, 7) is 3.52. The van der Waals surface area contributed by atoms with Crippen LogP contribution in [0.5, 0.6) is 0 Å². The van der Waals surface area contributed by atoms with Crippen LogP contribution in [-0.2, 0) is 0 Å². The van der Waals surface area contributed by atoms with Crippen LogP contribution in [0.3, 0.4) is 0 Å². The highest BCUT2D eigenvalue weighted by atomic mass is 15.1. The van der Waals surface area contributed by atoms with E-state index in [0.29, 0.717) is 0 Å². The molecular formula is C10H17N3. The third kappa shape index (κ3) is 2.04. The normalized spacial score (nSPS) is 22.1. The minimum absolute atomic E-state index is 0.819. The molecular weight excluding hydrogens is 162 g/mol. The van der Waals surface area contributed by atoms with Crippen molar-refractivity contribution < 1.29 is 0 Å². The molecule has 72 valence electrons. The van der Waals surface area contributed by atoms with Crippen molar-refractivity contribution in [3.63, 3.8) is 0 Å². The standard InChI is InChI=1S/C10H17N3/c1-13(10-3-5-12-7-10)8-9-2-4-11-6-9/h3,5,7,9,11-12H,2,4,6,8H2,1H3. The van der Waals surface area contributed by atoms with Crippen LogP contribution in [0, 0.1) is 5.92 Å². The average Bonchev–Trinajstić information content (AvgIpc) is 2.74. The lowest BCUT2D eigenvalue weighted by atomic mass is 10.1. The number of hydrogen-bond acceptors (Lipinski definition) is 2. The van der Waals surface area contributed by atoms with Gasteiger partial charge in [-0.25, -0.2) is 0 Å². The van der Waals surface area contributed by atoms with Gasteiger partial charge in [-0.2, -0.15) is 0 Å². The van der Waals surface area contributed by atoms with Gasteiger partial charge < -0.3 is 15.2 Å². The Morgan fingerprint density at radius 3 is 3.15 bits per heavy atom. The number of anilines is 1. The second kappa shape index (κ2) is 3.83. The molecule has 1 unspecified atom stereocenters. The van der Waals surface area contributed by atoms with Gasteiger partial charge in [0.15, 0.2) is 0 Å². The Morgan fingerprint density at radius 1 is 1.62 bits per heavy atom. The zero-order valence-corrected chi connectivity index (χ0v) is 8.09. The van der Waals surface area contributed by atoms with Crippen LogP contribution < -0.4 is 10.2 Å². The van der Waals surface area contributed by atoms with E-state index < -0.39 is 0 Å². The van der Waals surface area contributed by atoms with Crippen LogP contribution in [0.1, 0.15) is 6.42 Å². The summed E-state index contributed by atoms with van der Waals surface area (Å²) in [5.74, 6) is 0.819. The highest BCUT2D eigenvalue weighted by molar-refractivity contribution is 5.43. The Bertz CT molecular complexity index is 237. The van der Waals surface area contributed by atoms with E-state index in [0.717, 1.165) is 12.5 Å². The summed E-state index contributed by atoms with van der Waals surface area (Å²) in [6, 6.07) is 2.11. The minimum Gasteiger partial charge on any atom is -0.373 e. The fourth-order valence-electron chi connectivity index (χ4n) is 1.92. The van der Waals surface area contributed by atoms with E-state index in [1.807, 2.05) is 12.4 Å². The molecule has 1 aromatic heterocycles. The molecule has 0 saturated carbocycles. The zero-order valence-electron chi connectivity index (χ0n) is 8.09. The summed E-state index contributed by atoms with van der Waals surface area (Å²) >= 11 is 0. The lowest BCUT2D eigenvalue weighted by Crippen LogP contribution is -2.26. The predicted molar refractivity (Wildman–Crippen MR) is 55.0 cm³/mol. The van der Waals surface area contributed by atoms with Gasteiger partial charge in [-0.05, 0) is 31.5 Å². The molecule has 13 heavy (non-hydrogen) atoms. The van der Waals surface area contributed by atoms with Crippen molar-refractivity contribution in [2.75, 3.05) is 31.6 Å². The minimum atomic E-state index is 0.819. The molecule has 2 N–H and O–H groups in total. The van der Waals surface area contributed by atoms with Gasteiger partial charge in [0, 0.05) is 26.0 Å². The van der Waals surface area contributed by atoms with E-state index in [-0.39, 0.29) is 0 Å². The lowest BCUT2D eigenvalue weighted by Gasteiger charge is -2.20. The van der Waals surface area contributed by atoms with Crippen molar-refractivity contribution in [2.24, 2.45) is 5.92 Å². The third-order valence-corrected chi connectivity index (χ3v) is 2.72. The number of hydrogen-bond donors (Lipinski definition) is 2. The second-order valence-corrected chi connectivity index (χ2v) is 3.81. The molecule has 0 aromatic carbocycles. The monoisotopic (exact) mass is 179 g/mol. The van der Waals surface area contributed by atoms with E-state index in [4.69, 9.17) is 0 Å². The smallest absolute Gasteiger partial charge is 0.0541 e. The Labute approximate surface area is 79.1 Å². The first-order valence-electron chi connectivity index (χ1n) is 4.91. The maximum absolute atomic E-state index is 3.39. The molecule has 1 saturated heterocycles. The molecule has 0 amide bonds. The van der Waals surface area contributed by atoms with Gasteiger partial charge >= 0.3 is 0 Å². The molecule has 1 aliphatic rings. The van der Waals surface area contributed by atoms with Crippen molar-refractivity contribution in [1.82, 2.24) is 10.3 Å². The lowest BCUT2D eigenvalue weighted by molar-refractivity contribution is 0.578. The van der Waals surface area contributed by atoms with Crippen LogP contribution in [0.25, 0.3) is 0 Å². The number of aromatic nitrogens is 1. The van der Waals surface area contributed by atoms with Gasteiger partial charge in [0.25, 0.3) is 0 Å². The highest BCUT2D eigenvalue weighted by Crippen LogP contribution is 2.15. The summed E-state index contributed by atoms with van der Waals surface area (Å²) in [7, 11) is 2.15. The van der Waals surface area contributed by atoms with Gasteiger partial charge in [0.2, 0.25) is 0 Å². The Kier molecular flexibility index (Phi) is 2.54. The zero-order chi connectivity index (χ0) is 9.10. The average molecular weight is 179 g/mol. The van der Waals surface area contributed by atoms with E-state index in [2.05, 4.69) is 28.3 Å². The van der Waals surface area contributed by atoms with Gasteiger partial charge in [0.05, 0.1) is 5.69 Å². The molecule has 3 heteroatoms. The number of rotatable bonds is 3. The summed E-state index contributed by atoms with van der Waals surface area (Å²) in [6.07, 6.45) is 5.33. The van der Waals surface area contributed by atoms with Crippen LogP contribution in [0.2, 0.25) is 0 Å². The van der Waals surface area contributed by atoms with Gasteiger partial charge in [0.1, 0.15) is 0 Å². The molecule has 3 nitrogen and oxygen atoms in total. The van der Waals surface area contributed by atoms with Crippen LogP contribution in [0.15, 0.2) is 18.5 Å². The number of H-pyrrole nitrogens is 1. The first-order chi connectivity index (χ1) is 6.36. The molecule has 1 aromatic rings. The van der Waals surface area contributed by atoms with Crippen molar-refractivity contribution in [3.05, 3.63) is 18.5 Å². The van der Waals surface area contributed by atoms with Gasteiger partial charge in [-0.15, -0.1) is 0 Å². The SMILES string of the molecule is CN(CC1CCNC1)c1cc[nH]c1. The second-order valence-electron chi connectivity index (χ2n) is 3.81. The molecule has 0 spiro atoms. The largest absolute Gasteiger partial charge is 0.373 e. The predicted octanol–water partition coefficient (Wildman–Crippen LogP) is 1.06. The van der Waals surface area contributed by atoms with Crippen molar-refractivity contribution in [1.29, 1.82) is 0 Å². The maximum Gasteiger partial charge on any atom is 0.0541 e. The van der Waals surface area contributed by atoms with Crippen molar-refractivity contribution >= 4 is 5.69 Å². The maximum atomic E-state index is 3.39. The number of nitrogens with zero attached hydrogens (tertiary/aromatic N) is 1. The fraction of sp³-hybridized carbons (Fsp3) is 0.600. The summed E-state index contributed by atoms with van der Waals surface area (Å²) in [5.41, 5.74) is 1.28. The summed E-state index contributed by atoms with van der Waals surface area (Å²) in [5, 5.41) is 3.39. The Balaban J connectivity index is 1.87. The summed E-state index contributed by atoms with van der Waals surface area (Å²) < 4.78 is 0. The van der Waals surface area contributed by atoms with Crippen molar-refractivity contribution in [3.8, 4) is 0 Å². The quantitative estimate of drug-likeness (QED) is 0.727. The van der Waals surface area contributed by atoms with E-state index in [9.17, 15) is 0 Å². The van der Waals surface area contributed by atoms with E-state index >= 15 is 0 Å². The van der Waals surface area contributed by atoms with Crippen LogP contribution in [-0.4, -0.2) is 31.7 Å². The van der Waals surface area contributed by atoms with E-state index in [1.54, 1.807) is 0 Å². The summed E-state index contributed by atoms with van der Waals surface area (Å²) in [4.78, 5) is 5.39. The first kappa shape index (κ1) is 8.63. The Morgan fingerprint density at radius 2 is 2.54 bits per heavy atom. The molecule has 1 aliphatic heterocycles. The topological polar surface area (TPSA) is 31.1 Å². The molecule has 1 atom stereocenters. The molecule has 2 rings (SSSR count). The molecule has 0 bridgehead atoms. The van der Waals surface area contributed by atoms with Crippen molar-refractivity contribution in [2.45, 2.75) is 6.42 Å². The van der Waals surface area contributed by atoms with Crippen LogP contribution >= 0.6 is 0 Å². The molecule has 0 aliphatic carbocycles. The van der Waals surface area contributed by atoms with Gasteiger partial charge in [-0.1, -0.05) is 0 Å². The first-order valence-corrected chi connectivity index (χ1v) is 4.91.